The lowest BCUT2D eigenvalue weighted by molar-refractivity contribution is -0.116. The molecule has 5 aromatic rings. The summed E-state index contributed by atoms with van der Waals surface area (Å²) < 4.78 is 27.6. The van der Waals surface area contributed by atoms with E-state index in [1.54, 1.807) is 36.0 Å². The lowest BCUT2D eigenvalue weighted by Crippen LogP contribution is -2.18. The van der Waals surface area contributed by atoms with Crippen molar-refractivity contribution in [1.82, 2.24) is 9.55 Å². The lowest BCUT2D eigenvalue weighted by Gasteiger charge is -2.09. The molecule has 11 heteroatoms. The molecule has 0 aliphatic rings. The maximum absolute atomic E-state index is 13.1. The molecular formula is C23H14Cl2N2O4S3. The zero-order valence-corrected chi connectivity index (χ0v) is 21.2. The first-order chi connectivity index (χ1) is 16.2. The van der Waals surface area contributed by atoms with Crippen LogP contribution in [0.2, 0.25) is 9.36 Å². The average molecular weight is 549 g/mol. The normalized spacial score (nSPS) is 11.9. The van der Waals surface area contributed by atoms with E-state index in [1.807, 2.05) is 18.2 Å². The van der Waals surface area contributed by atoms with Crippen LogP contribution >= 0.6 is 45.9 Å². The topological polar surface area (TPSA) is 86.1 Å². The maximum Gasteiger partial charge on any atom is 0.263 e. The van der Waals surface area contributed by atoms with Crippen molar-refractivity contribution in [3.8, 4) is 5.69 Å². The van der Waals surface area contributed by atoms with Crippen LogP contribution in [0.3, 0.4) is 0 Å². The number of rotatable bonds is 6. The van der Waals surface area contributed by atoms with Crippen LogP contribution in [-0.4, -0.2) is 29.5 Å². The Morgan fingerprint density at radius 3 is 2.53 bits per heavy atom. The smallest absolute Gasteiger partial charge is 0.263 e. The number of halogens is 2. The van der Waals surface area contributed by atoms with Gasteiger partial charge in [0.2, 0.25) is 0 Å². The number of thiophene rings is 1. The number of fused-ring (bicyclic) bond motifs is 2. The second kappa shape index (κ2) is 8.90. The van der Waals surface area contributed by atoms with Gasteiger partial charge in [-0.15, -0.1) is 22.7 Å². The molecule has 3 heterocycles. The highest BCUT2D eigenvalue weighted by molar-refractivity contribution is 7.94. The number of pyridine rings is 1. The summed E-state index contributed by atoms with van der Waals surface area (Å²) in [5.41, 5.74) is 3.74. The Hall–Kier alpha value is -2.56. The van der Waals surface area contributed by atoms with Crippen molar-refractivity contribution in [1.29, 1.82) is 0 Å². The highest BCUT2D eigenvalue weighted by atomic mass is 35.5. The Kier molecular flexibility index (Phi) is 6.07. The quantitative estimate of drug-likeness (QED) is 0.277. The summed E-state index contributed by atoms with van der Waals surface area (Å²) in [4.78, 5) is 29.8. The van der Waals surface area contributed by atoms with Crippen molar-refractivity contribution in [3.05, 3.63) is 85.5 Å². The van der Waals surface area contributed by atoms with Gasteiger partial charge in [0, 0.05) is 23.7 Å². The van der Waals surface area contributed by atoms with Crippen LogP contribution in [0.4, 0.5) is 0 Å². The van der Waals surface area contributed by atoms with Crippen LogP contribution in [0.5, 0.6) is 0 Å². The number of Topliss-reactive ketones (excluding diaryl/α,β-unsaturated/α-hetero) is 1. The third-order valence-corrected chi connectivity index (χ3v) is 10.1. The first kappa shape index (κ1) is 23.2. The number of benzene rings is 2. The summed E-state index contributed by atoms with van der Waals surface area (Å²) >= 11 is 14.0. The van der Waals surface area contributed by atoms with Crippen molar-refractivity contribution in [2.75, 3.05) is 5.75 Å². The fraction of sp³-hybridized carbons (Fsp3) is 0.0870. The van der Waals surface area contributed by atoms with Gasteiger partial charge in [-0.25, -0.2) is 13.4 Å². The van der Waals surface area contributed by atoms with E-state index in [2.05, 4.69) is 4.98 Å². The molecule has 2 aromatic carbocycles. The summed E-state index contributed by atoms with van der Waals surface area (Å²) in [5.74, 6) is -1.09. The van der Waals surface area contributed by atoms with Crippen LogP contribution < -0.4 is 5.56 Å². The molecule has 0 saturated carbocycles. The molecule has 0 radical (unpaired) electrons. The standard InChI is InChI=1S/C23H14Cl2N2O4S3/c24-18-10-21(33-22(18)25)34(30,31)11-16(28)7-13-1-3-15(4-2-13)27-6-5-14-8-19-20(32-12-26-19)9-17(14)23(27)29/h1-6,8-10,12H,7,11H2. The van der Waals surface area contributed by atoms with E-state index in [4.69, 9.17) is 23.2 Å². The number of hydrogen-bond donors (Lipinski definition) is 0. The summed E-state index contributed by atoms with van der Waals surface area (Å²) in [6.07, 6.45) is 1.65. The lowest BCUT2D eigenvalue weighted by atomic mass is 10.1. The molecule has 34 heavy (non-hydrogen) atoms. The average Bonchev–Trinajstić information content (AvgIpc) is 3.39. The predicted molar refractivity (Wildman–Crippen MR) is 138 cm³/mol. The minimum absolute atomic E-state index is 0.0301. The molecule has 0 aliphatic carbocycles. The van der Waals surface area contributed by atoms with Gasteiger partial charge in [0.15, 0.2) is 15.6 Å². The number of nitrogens with zero attached hydrogens (tertiary/aromatic N) is 2. The highest BCUT2D eigenvalue weighted by Crippen LogP contribution is 2.34. The number of carbonyl (C=O) groups is 1. The van der Waals surface area contributed by atoms with E-state index in [1.165, 1.54) is 22.0 Å². The maximum atomic E-state index is 13.1. The molecule has 0 fully saturated rings. The third kappa shape index (κ3) is 4.42. The van der Waals surface area contributed by atoms with E-state index < -0.39 is 21.4 Å². The van der Waals surface area contributed by atoms with Crippen LogP contribution in [0.15, 0.2) is 69.2 Å². The second-order valence-electron chi connectivity index (χ2n) is 7.58. The number of sulfone groups is 1. The number of ketones is 1. The van der Waals surface area contributed by atoms with Crippen LogP contribution in [0.1, 0.15) is 5.56 Å². The van der Waals surface area contributed by atoms with E-state index in [-0.39, 0.29) is 25.5 Å². The summed E-state index contributed by atoms with van der Waals surface area (Å²) in [5, 5.41) is 1.56. The Morgan fingerprint density at radius 2 is 1.82 bits per heavy atom. The monoisotopic (exact) mass is 548 g/mol. The number of aromatic nitrogens is 2. The predicted octanol–water partition coefficient (Wildman–Crippen LogP) is 5.55. The van der Waals surface area contributed by atoms with E-state index in [0.717, 1.165) is 26.9 Å². The van der Waals surface area contributed by atoms with Gasteiger partial charge in [0.05, 0.1) is 20.7 Å². The molecular weight excluding hydrogens is 535 g/mol. The Bertz CT molecular complexity index is 1720. The number of thiazole rings is 1. The minimum atomic E-state index is -3.82. The van der Waals surface area contributed by atoms with Gasteiger partial charge in [-0.2, -0.15) is 0 Å². The molecule has 5 rings (SSSR count). The molecule has 6 nitrogen and oxygen atoms in total. The molecule has 172 valence electrons. The van der Waals surface area contributed by atoms with Crippen molar-refractivity contribution < 1.29 is 13.2 Å². The third-order valence-electron chi connectivity index (χ3n) is 5.25. The van der Waals surface area contributed by atoms with E-state index in [0.29, 0.717) is 16.6 Å². The summed E-state index contributed by atoms with van der Waals surface area (Å²) in [6.45, 7) is 0. The number of carbonyl (C=O) groups excluding carboxylic acids is 1. The van der Waals surface area contributed by atoms with Crippen molar-refractivity contribution >= 4 is 82.5 Å². The highest BCUT2D eigenvalue weighted by Gasteiger charge is 2.23. The zero-order valence-electron chi connectivity index (χ0n) is 17.2. The van der Waals surface area contributed by atoms with Gasteiger partial charge < -0.3 is 0 Å². The van der Waals surface area contributed by atoms with Crippen LogP contribution in [0, 0.1) is 0 Å². The van der Waals surface area contributed by atoms with Crippen molar-refractivity contribution in [2.45, 2.75) is 10.6 Å². The summed E-state index contributed by atoms with van der Waals surface area (Å²) in [6, 6.07) is 13.7. The number of hydrogen-bond acceptors (Lipinski definition) is 7. The summed E-state index contributed by atoms with van der Waals surface area (Å²) in [7, 11) is -3.82. The first-order valence-corrected chi connectivity index (χ1v) is 14.0. The zero-order chi connectivity index (χ0) is 24.0. The fourth-order valence-corrected chi connectivity index (χ4v) is 7.52. The van der Waals surface area contributed by atoms with E-state index in [9.17, 15) is 18.0 Å². The molecule has 0 atom stereocenters. The van der Waals surface area contributed by atoms with Crippen LogP contribution in [0.25, 0.3) is 26.7 Å². The largest absolute Gasteiger partial charge is 0.298 e. The molecule has 0 unspecified atom stereocenters. The molecule has 0 spiro atoms. The van der Waals surface area contributed by atoms with Gasteiger partial charge >= 0.3 is 0 Å². The van der Waals surface area contributed by atoms with Crippen molar-refractivity contribution in [2.24, 2.45) is 0 Å². The van der Waals surface area contributed by atoms with Crippen molar-refractivity contribution in [3.63, 3.8) is 0 Å². The molecule has 0 saturated heterocycles. The first-order valence-electron chi connectivity index (χ1n) is 9.88. The Labute approximate surface area is 211 Å². The molecule has 0 N–H and O–H groups in total. The van der Waals surface area contributed by atoms with Gasteiger partial charge in [-0.3, -0.25) is 14.2 Å². The Morgan fingerprint density at radius 1 is 1.06 bits per heavy atom. The Balaban J connectivity index is 1.36. The second-order valence-corrected chi connectivity index (χ2v) is 12.7. The van der Waals surface area contributed by atoms with Gasteiger partial charge in [0.25, 0.3) is 5.56 Å². The minimum Gasteiger partial charge on any atom is -0.298 e. The van der Waals surface area contributed by atoms with Crippen LogP contribution in [-0.2, 0) is 21.1 Å². The molecule has 3 aromatic heterocycles. The molecule has 0 aliphatic heterocycles. The van der Waals surface area contributed by atoms with Gasteiger partial charge in [0.1, 0.15) is 14.3 Å². The molecule has 0 bridgehead atoms. The fourth-order valence-electron chi connectivity index (χ4n) is 3.61. The molecule has 0 amide bonds. The SMILES string of the molecule is O=C(Cc1ccc(-n2ccc3cc4ncsc4cc3c2=O)cc1)CS(=O)(=O)c1cc(Cl)c(Cl)s1. The van der Waals surface area contributed by atoms with E-state index >= 15 is 0 Å². The van der Waals surface area contributed by atoms with Gasteiger partial charge in [-0.05, 0) is 47.3 Å². The van der Waals surface area contributed by atoms with Gasteiger partial charge in [-0.1, -0.05) is 35.3 Å².